The molecule has 4 rings (SSSR count). The van der Waals surface area contributed by atoms with Crippen LogP contribution in [0.5, 0.6) is 0 Å². The largest absolute Gasteiger partial charge is 0.332 e. The van der Waals surface area contributed by atoms with Gasteiger partial charge < -0.3 is 9.84 Å². The molecular formula is C22H18ClN5O3. The van der Waals surface area contributed by atoms with Gasteiger partial charge in [-0.05, 0) is 49.2 Å². The topological polar surface area (TPSA) is 103 Å². The molecule has 1 N–H and O–H groups in total. The fourth-order valence-corrected chi connectivity index (χ4v) is 3.15. The average molecular weight is 436 g/mol. The Hall–Kier alpha value is -3.78. The molecule has 156 valence electrons. The fourth-order valence-electron chi connectivity index (χ4n) is 2.96. The molecule has 0 aliphatic carbocycles. The van der Waals surface area contributed by atoms with Crippen molar-refractivity contribution in [2.24, 2.45) is 0 Å². The van der Waals surface area contributed by atoms with Crippen LogP contribution in [-0.4, -0.2) is 25.8 Å². The molecule has 0 saturated heterocycles. The average Bonchev–Trinajstić information content (AvgIpc) is 3.23. The molecular weight excluding hydrogens is 418 g/mol. The third kappa shape index (κ3) is 4.54. The highest BCUT2D eigenvalue weighted by molar-refractivity contribution is 6.30. The van der Waals surface area contributed by atoms with Crippen molar-refractivity contribution < 1.29 is 9.32 Å². The van der Waals surface area contributed by atoms with E-state index in [0.29, 0.717) is 22.1 Å². The molecule has 8 nitrogen and oxygen atoms in total. The first-order valence-electron chi connectivity index (χ1n) is 9.45. The van der Waals surface area contributed by atoms with Crippen molar-refractivity contribution in [2.75, 3.05) is 5.32 Å². The van der Waals surface area contributed by atoms with E-state index in [2.05, 4.69) is 20.6 Å². The first-order valence-corrected chi connectivity index (χ1v) is 9.83. The number of benzene rings is 2. The maximum atomic E-state index is 12.5. The highest BCUT2D eigenvalue weighted by Crippen LogP contribution is 2.23. The summed E-state index contributed by atoms with van der Waals surface area (Å²) >= 11 is 6.01. The van der Waals surface area contributed by atoms with Gasteiger partial charge in [0, 0.05) is 22.3 Å². The van der Waals surface area contributed by atoms with Gasteiger partial charge in [0.15, 0.2) is 0 Å². The van der Waals surface area contributed by atoms with Crippen molar-refractivity contribution in [1.82, 2.24) is 19.9 Å². The zero-order valence-corrected chi connectivity index (χ0v) is 17.6. The maximum Gasteiger partial charge on any atom is 0.278 e. The van der Waals surface area contributed by atoms with E-state index in [9.17, 15) is 9.59 Å². The van der Waals surface area contributed by atoms with Gasteiger partial charge in [-0.1, -0.05) is 41.0 Å². The monoisotopic (exact) mass is 435 g/mol. The molecule has 0 atom stereocenters. The van der Waals surface area contributed by atoms with Crippen molar-refractivity contribution >= 4 is 23.2 Å². The lowest BCUT2D eigenvalue weighted by Gasteiger charge is -2.11. The summed E-state index contributed by atoms with van der Waals surface area (Å²) in [5, 5.41) is 11.5. The van der Waals surface area contributed by atoms with Gasteiger partial charge in [0.2, 0.25) is 11.7 Å². The van der Waals surface area contributed by atoms with E-state index in [4.69, 9.17) is 16.1 Å². The van der Waals surface area contributed by atoms with E-state index in [1.165, 1.54) is 12.1 Å². The molecule has 0 aliphatic rings. The molecule has 4 aromatic rings. The molecule has 31 heavy (non-hydrogen) atoms. The molecule has 0 bridgehead atoms. The zero-order chi connectivity index (χ0) is 22.0. The summed E-state index contributed by atoms with van der Waals surface area (Å²) in [6, 6.07) is 15.4. The molecule has 0 aliphatic heterocycles. The molecule has 0 saturated carbocycles. The van der Waals surface area contributed by atoms with Gasteiger partial charge >= 0.3 is 0 Å². The third-order valence-electron chi connectivity index (χ3n) is 4.77. The Morgan fingerprint density at radius 2 is 1.94 bits per heavy atom. The van der Waals surface area contributed by atoms with Crippen molar-refractivity contribution in [3.63, 3.8) is 0 Å². The van der Waals surface area contributed by atoms with Crippen molar-refractivity contribution in [2.45, 2.75) is 20.4 Å². The predicted octanol–water partition coefficient (Wildman–Crippen LogP) is 3.87. The molecule has 9 heteroatoms. The predicted molar refractivity (Wildman–Crippen MR) is 117 cm³/mol. The van der Waals surface area contributed by atoms with Crippen LogP contribution in [0.25, 0.3) is 23.0 Å². The van der Waals surface area contributed by atoms with Gasteiger partial charge in [-0.15, -0.1) is 0 Å². The minimum absolute atomic E-state index is 0.124. The Labute approximate surface area is 182 Å². The van der Waals surface area contributed by atoms with E-state index in [0.717, 1.165) is 15.8 Å². The number of anilines is 1. The van der Waals surface area contributed by atoms with Crippen LogP contribution in [0.2, 0.25) is 5.02 Å². The highest BCUT2D eigenvalue weighted by atomic mass is 35.5. The summed E-state index contributed by atoms with van der Waals surface area (Å²) in [6.07, 6.45) is 0. The number of halogens is 1. The van der Waals surface area contributed by atoms with Gasteiger partial charge in [0.05, 0.1) is 0 Å². The van der Waals surface area contributed by atoms with Gasteiger partial charge in [0.1, 0.15) is 12.2 Å². The van der Waals surface area contributed by atoms with Crippen LogP contribution in [0.3, 0.4) is 0 Å². The van der Waals surface area contributed by atoms with Crippen LogP contribution >= 0.6 is 11.6 Å². The van der Waals surface area contributed by atoms with Crippen molar-refractivity contribution in [3.05, 3.63) is 81.1 Å². The van der Waals surface area contributed by atoms with E-state index in [-0.39, 0.29) is 24.0 Å². The van der Waals surface area contributed by atoms with Crippen LogP contribution in [0.1, 0.15) is 11.1 Å². The lowest BCUT2D eigenvalue weighted by atomic mass is 10.1. The van der Waals surface area contributed by atoms with Gasteiger partial charge in [0.25, 0.3) is 11.4 Å². The van der Waals surface area contributed by atoms with Crippen molar-refractivity contribution in [3.8, 4) is 23.0 Å². The standard InChI is InChI=1S/C22H18ClN5O3/c1-13-5-3-8-17(14(13)2)24-19(29)12-28-20(30)10-9-18(26-28)22-25-21(27-31-22)15-6-4-7-16(23)11-15/h3-11H,12H2,1-2H3,(H,24,29). The normalized spacial score (nSPS) is 10.8. The molecule has 2 aromatic carbocycles. The third-order valence-corrected chi connectivity index (χ3v) is 5.00. The Balaban J connectivity index is 1.56. The second-order valence-corrected chi connectivity index (χ2v) is 7.38. The molecule has 0 unspecified atom stereocenters. The summed E-state index contributed by atoms with van der Waals surface area (Å²) in [4.78, 5) is 29.0. The number of rotatable bonds is 5. The minimum atomic E-state index is -0.422. The van der Waals surface area contributed by atoms with Crippen LogP contribution in [-0.2, 0) is 11.3 Å². The van der Waals surface area contributed by atoms with Crippen molar-refractivity contribution in [1.29, 1.82) is 0 Å². The highest BCUT2D eigenvalue weighted by Gasteiger charge is 2.15. The number of amides is 1. The summed E-state index contributed by atoms with van der Waals surface area (Å²) in [6.45, 7) is 3.63. The SMILES string of the molecule is Cc1cccc(NC(=O)Cn2nc(-c3nc(-c4cccc(Cl)c4)no3)ccc2=O)c1C. The summed E-state index contributed by atoms with van der Waals surface area (Å²) in [5.74, 6) is 0.0916. The lowest BCUT2D eigenvalue weighted by molar-refractivity contribution is -0.117. The summed E-state index contributed by atoms with van der Waals surface area (Å²) < 4.78 is 6.34. The first-order chi connectivity index (χ1) is 14.9. The number of nitrogens with one attached hydrogen (secondary N) is 1. The Morgan fingerprint density at radius 3 is 2.74 bits per heavy atom. The summed E-state index contributed by atoms with van der Waals surface area (Å²) in [5.41, 5.74) is 3.25. The second kappa shape index (κ2) is 8.53. The molecule has 0 fully saturated rings. The number of aromatic nitrogens is 4. The number of carbonyl (C=O) groups excluding carboxylic acids is 1. The molecule has 2 heterocycles. The number of hydrogen-bond donors (Lipinski definition) is 1. The van der Waals surface area contributed by atoms with Crippen LogP contribution in [0.4, 0.5) is 5.69 Å². The van der Waals surface area contributed by atoms with Crippen LogP contribution < -0.4 is 10.9 Å². The number of aryl methyl sites for hydroxylation is 1. The summed E-state index contributed by atoms with van der Waals surface area (Å²) in [7, 11) is 0. The van der Waals surface area contributed by atoms with Crippen LogP contribution in [0.15, 0.2) is 63.9 Å². The van der Waals surface area contributed by atoms with E-state index in [1.54, 1.807) is 24.3 Å². The van der Waals surface area contributed by atoms with E-state index < -0.39 is 5.56 Å². The molecule has 0 radical (unpaired) electrons. The molecule has 2 aromatic heterocycles. The smallest absolute Gasteiger partial charge is 0.278 e. The number of nitrogens with zero attached hydrogens (tertiary/aromatic N) is 4. The minimum Gasteiger partial charge on any atom is -0.332 e. The Bertz CT molecular complexity index is 1330. The fraction of sp³-hybridized carbons (Fsp3) is 0.136. The Morgan fingerprint density at radius 1 is 1.13 bits per heavy atom. The van der Waals surface area contributed by atoms with Crippen LogP contribution in [0, 0.1) is 13.8 Å². The van der Waals surface area contributed by atoms with Gasteiger partial charge in [-0.25, -0.2) is 4.68 Å². The second-order valence-electron chi connectivity index (χ2n) is 6.94. The van der Waals surface area contributed by atoms with E-state index >= 15 is 0 Å². The van der Waals surface area contributed by atoms with Gasteiger partial charge in [-0.3, -0.25) is 9.59 Å². The number of carbonyl (C=O) groups is 1. The lowest BCUT2D eigenvalue weighted by Crippen LogP contribution is -2.29. The molecule has 1 amide bonds. The maximum absolute atomic E-state index is 12.5. The first kappa shape index (κ1) is 20.5. The Kier molecular flexibility index (Phi) is 5.64. The molecule has 0 spiro atoms. The van der Waals surface area contributed by atoms with E-state index in [1.807, 2.05) is 32.0 Å². The quantitative estimate of drug-likeness (QED) is 0.510. The number of hydrogen-bond acceptors (Lipinski definition) is 6. The van der Waals surface area contributed by atoms with Gasteiger partial charge in [-0.2, -0.15) is 10.1 Å². The zero-order valence-electron chi connectivity index (χ0n) is 16.8.